The zero-order valence-electron chi connectivity index (χ0n) is 11.3. The number of aliphatic carboxylic acids is 1. The second-order valence-corrected chi connectivity index (χ2v) is 5.52. The van der Waals surface area contributed by atoms with E-state index in [1.54, 1.807) is 0 Å². The van der Waals surface area contributed by atoms with Gasteiger partial charge in [-0.15, -0.1) is 0 Å². The van der Waals surface area contributed by atoms with E-state index < -0.39 is 18.0 Å². The molecule has 5 nitrogen and oxygen atoms in total. The molecule has 20 heavy (non-hydrogen) atoms. The van der Waals surface area contributed by atoms with Crippen molar-refractivity contribution in [3.8, 4) is 0 Å². The number of aromatic amines is 1. The smallest absolute Gasteiger partial charge is 0.310 e. The molecule has 0 saturated carbocycles. The summed E-state index contributed by atoms with van der Waals surface area (Å²) in [7, 11) is 0. The molecule has 1 saturated heterocycles. The van der Waals surface area contributed by atoms with Crippen molar-refractivity contribution < 1.29 is 15.0 Å². The highest BCUT2D eigenvalue weighted by Gasteiger charge is 2.34. The van der Waals surface area contributed by atoms with Crippen molar-refractivity contribution in [2.45, 2.75) is 25.5 Å². The number of fused-ring (bicyclic) bond motifs is 1. The Morgan fingerprint density at radius 1 is 1.35 bits per heavy atom. The van der Waals surface area contributed by atoms with Crippen molar-refractivity contribution >= 4 is 16.9 Å². The predicted molar refractivity (Wildman–Crippen MR) is 75.5 cm³/mol. The molecule has 0 spiro atoms. The van der Waals surface area contributed by atoms with Crippen LogP contribution in [-0.2, 0) is 4.79 Å². The van der Waals surface area contributed by atoms with Gasteiger partial charge in [-0.1, -0.05) is 11.6 Å². The van der Waals surface area contributed by atoms with Crippen LogP contribution in [0.5, 0.6) is 0 Å². The number of carboxylic acid groups (broad SMARTS) is 1. The minimum Gasteiger partial charge on any atom is -0.481 e. The molecule has 2 heterocycles. The van der Waals surface area contributed by atoms with Gasteiger partial charge in [0.05, 0.1) is 12.0 Å². The van der Waals surface area contributed by atoms with E-state index in [-0.39, 0.29) is 12.6 Å². The van der Waals surface area contributed by atoms with Crippen molar-refractivity contribution in [3.05, 3.63) is 35.5 Å². The Kier molecular flexibility index (Phi) is 3.23. The molecule has 0 amide bonds. The fraction of sp³-hybridized carbons (Fsp3) is 0.400. The van der Waals surface area contributed by atoms with E-state index in [1.807, 2.05) is 19.1 Å². The van der Waals surface area contributed by atoms with E-state index in [9.17, 15) is 9.90 Å². The van der Waals surface area contributed by atoms with Crippen LogP contribution in [-0.4, -0.2) is 33.8 Å². The van der Waals surface area contributed by atoms with Gasteiger partial charge in [-0.3, -0.25) is 4.79 Å². The summed E-state index contributed by atoms with van der Waals surface area (Å²) >= 11 is 0. The minimum atomic E-state index is -0.948. The summed E-state index contributed by atoms with van der Waals surface area (Å²) in [6, 6.07) is 8.22. The number of aromatic nitrogens is 1. The molecule has 1 aromatic carbocycles. The number of aliphatic hydroxyl groups excluding tert-OH is 1. The van der Waals surface area contributed by atoms with E-state index in [4.69, 9.17) is 5.11 Å². The van der Waals surface area contributed by atoms with Gasteiger partial charge in [0.1, 0.15) is 0 Å². The standard InChI is InChI=1S/C15H18N2O3/c1-8-2-3-11-9(4-8)5-13(17-11)12-6-14(18)10(7-16-12)15(19)20/h2-5,10,12,14,16-18H,6-7H2,1H3,(H,19,20). The normalized spacial score (nSPS) is 26.8. The molecule has 0 aliphatic carbocycles. The molecule has 3 unspecified atom stereocenters. The van der Waals surface area contributed by atoms with Gasteiger partial charge >= 0.3 is 5.97 Å². The molecule has 0 bridgehead atoms. The number of rotatable bonds is 2. The largest absolute Gasteiger partial charge is 0.481 e. The SMILES string of the molecule is Cc1ccc2[nH]c(C3CC(O)C(C(=O)O)CN3)cc2c1. The second-order valence-electron chi connectivity index (χ2n) is 5.52. The van der Waals surface area contributed by atoms with Gasteiger partial charge in [-0.05, 0) is 36.9 Å². The third-order valence-electron chi connectivity index (χ3n) is 4.02. The number of aliphatic hydroxyl groups is 1. The lowest BCUT2D eigenvalue weighted by atomic mass is 9.90. The highest BCUT2D eigenvalue weighted by molar-refractivity contribution is 5.81. The van der Waals surface area contributed by atoms with E-state index in [1.165, 1.54) is 5.56 Å². The fourth-order valence-electron chi connectivity index (χ4n) is 2.85. The summed E-state index contributed by atoms with van der Waals surface area (Å²) in [5.74, 6) is -1.67. The van der Waals surface area contributed by atoms with Crippen LogP contribution in [0.15, 0.2) is 24.3 Å². The molecule has 1 fully saturated rings. The quantitative estimate of drug-likeness (QED) is 0.669. The van der Waals surface area contributed by atoms with Crippen LogP contribution in [0.3, 0.4) is 0 Å². The number of H-pyrrole nitrogens is 1. The molecule has 1 aliphatic heterocycles. The Morgan fingerprint density at radius 3 is 2.85 bits per heavy atom. The number of carboxylic acids is 1. The summed E-state index contributed by atoms with van der Waals surface area (Å²) in [6.07, 6.45) is -0.408. The first-order valence-corrected chi connectivity index (χ1v) is 6.78. The van der Waals surface area contributed by atoms with Crippen molar-refractivity contribution in [2.75, 3.05) is 6.54 Å². The lowest BCUT2D eigenvalue weighted by molar-refractivity contribution is -0.147. The number of nitrogens with one attached hydrogen (secondary N) is 2. The maximum atomic E-state index is 11.0. The molecule has 5 heteroatoms. The van der Waals surface area contributed by atoms with Gasteiger partial charge in [0.2, 0.25) is 0 Å². The van der Waals surface area contributed by atoms with Gasteiger partial charge in [-0.25, -0.2) is 0 Å². The van der Waals surface area contributed by atoms with E-state index in [0.717, 1.165) is 16.6 Å². The van der Waals surface area contributed by atoms with Crippen LogP contribution < -0.4 is 5.32 Å². The third kappa shape index (κ3) is 2.30. The zero-order valence-corrected chi connectivity index (χ0v) is 11.3. The van der Waals surface area contributed by atoms with E-state index >= 15 is 0 Å². The van der Waals surface area contributed by atoms with Crippen LogP contribution in [0.1, 0.15) is 23.7 Å². The second kappa shape index (κ2) is 4.92. The van der Waals surface area contributed by atoms with Crippen molar-refractivity contribution in [1.82, 2.24) is 10.3 Å². The first kappa shape index (κ1) is 13.1. The van der Waals surface area contributed by atoms with Gasteiger partial charge in [0.25, 0.3) is 0 Å². The number of hydrogen-bond acceptors (Lipinski definition) is 3. The van der Waals surface area contributed by atoms with E-state index in [0.29, 0.717) is 6.42 Å². The molecule has 106 valence electrons. The summed E-state index contributed by atoms with van der Waals surface area (Å²) in [6.45, 7) is 2.34. The average Bonchev–Trinajstić information content (AvgIpc) is 2.81. The van der Waals surface area contributed by atoms with Crippen LogP contribution in [0.4, 0.5) is 0 Å². The lowest BCUT2D eigenvalue weighted by Gasteiger charge is -2.31. The Balaban J connectivity index is 1.83. The molecule has 3 atom stereocenters. The molecule has 0 radical (unpaired) electrons. The summed E-state index contributed by atoms with van der Waals surface area (Å²) in [5, 5.41) is 23.3. The van der Waals surface area contributed by atoms with Gasteiger partial charge in [0, 0.05) is 23.8 Å². The predicted octanol–water partition coefficient (Wildman–Crippen LogP) is 1.57. The lowest BCUT2D eigenvalue weighted by Crippen LogP contribution is -2.45. The molecular weight excluding hydrogens is 256 g/mol. The van der Waals surface area contributed by atoms with Gasteiger partial charge in [-0.2, -0.15) is 0 Å². The van der Waals surface area contributed by atoms with Gasteiger partial charge < -0.3 is 20.5 Å². The molecule has 1 aliphatic rings. The number of aryl methyl sites for hydroxylation is 1. The van der Waals surface area contributed by atoms with E-state index in [2.05, 4.69) is 22.4 Å². The van der Waals surface area contributed by atoms with Crippen molar-refractivity contribution in [1.29, 1.82) is 0 Å². The summed E-state index contributed by atoms with van der Waals surface area (Å²) in [4.78, 5) is 14.3. The molecule has 3 rings (SSSR count). The number of hydrogen-bond donors (Lipinski definition) is 4. The topological polar surface area (TPSA) is 85.3 Å². The number of carbonyl (C=O) groups is 1. The number of benzene rings is 1. The summed E-state index contributed by atoms with van der Waals surface area (Å²) < 4.78 is 0. The monoisotopic (exact) mass is 274 g/mol. The van der Waals surface area contributed by atoms with Crippen molar-refractivity contribution in [2.24, 2.45) is 5.92 Å². The summed E-state index contributed by atoms with van der Waals surface area (Å²) in [5.41, 5.74) is 3.25. The first-order chi connectivity index (χ1) is 9.54. The van der Waals surface area contributed by atoms with Crippen molar-refractivity contribution in [3.63, 3.8) is 0 Å². The molecule has 4 N–H and O–H groups in total. The van der Waals surface area contributed by atoms with Crippen LogP contribution in [0.25, 0.3) is 10.9 Å². The van der Waals surface area contributed by atoms with Crippen LogP contribution in [0.2, 0.25) is 0 Å². The Labute approximate surface area is 116 Å². The Hall–Kier alpha value is -1.85. The maximum Gasteiger partial charge on any atom is 0.310 e. The fourth-order valence-corrected chi connectivity index (χ4v) is 2.85. The Morgan fingerprint density at radius 2 is 2.15 bits per heavy atom. The average molecular weight is 274 g/mol. The highest BCUT2D eigenvalue weighted by atomic mass is 16.4. The number of piperidine rings is 1. The van der Waals surface area contributed by atoms with Crippen LogP contribution >= 0.6 is 0 Å². The molecule has 2 aromatic rings. The minimum absolute atomic E-state index is 0.0340. The molecule has 1 aromatic heterocycles. The molecular formula is C15H18N2O3. The maximum absolute atomic E-state index is 11.0. The Bertz CT molecular complexity index is 650. The van der Waals surface area contributed by atoms with Crippen LogP contribution in [0, 0.1) is 12.8 Å². The highest BCUT2D eigenvalue weighted by Crippen LogP contribution is 2.28. The third-order valence-corrected chi connectivity index (χ3v) is 4.02. The first-order valence-electron chi connectivity index (χ1n) is 6.78. The van der Waals surface area contributed by atoms with Gasteiger partial charge in [0.15, 0.2) is 0 Å². The zero-order chi connectivity index (χ0) is 14.3.